The van der Waals surface area contributed by atoms with E-state index in [1.165, 1.54) is 25.9 Å². The minimum absolute atomic E-state index is 0. The molecule has 4 heteroatoms. The van der Waals surface area contributed by atoms with E-state index >= 15 is 0 Å². The van der Waals surface area contributed by atoms with Gasteiger partial charge in [-0.05, 0) is 49.9 Å². The zero-order chi connectivity index (χ0) is 13.9. The molecule has 0 spiro atoms. The maximum Gasteiger partial charge on any atom is 0.244 e. The van der Waals surface area contributed by atoms with E-state index in [2.05, 4.69) is 10.2 Å². The average molecular weight is 307 g/mol. The van der Waals surface area contributed by atoms with Crippen molar-refractivity contribution in [3.05, 3.63) is 42.0 Å². The summed E-state index contributed by atoms with van der Waals surface area (Å²) < 4.78 is 0. The smallest absolute Gasteiger partial charge is 0.244 e. The van der Waals surface area contributed by atoms with Crippen molar-refractivity contribution in [3.63, 3.8) is 0 Å². The van der Waals surface area contributed by atoms with Gasteiger partial charge in [0.1, 0.15) is 0 Å². The van der Waals surface area contributed by atoms with Crippen molar-refractivity contribution in [1.82, 2.24) is 10.2 Å². The van der Waals surface area contributed by atoms with E-state index in [0.29, 0.717) is 12.0 Å². The number of benzene rings is 1. The molecular weight excluding hydrogens is 284 g/mol. The Balaban J connectivity index is 0.00000161. The summed E-state index contributed by atoms with van der Waals surface area (Å²) in [5, 5.41) is 3.19. The number of piperidine rings is 3. The van der Waals surface area contributed by atoms with Crippen LogP contribution in [0.3, 0.4) is 0 Å². The third-order valence-corrected chi connectivity index (χ3v) is 4.56. The predicted molar refractivity (Wildman–Crippen MR) is 88.4 cm³/mol. The number of carbonyl (C=O) groups excluding carboxylic acids is 1. The lowest BCUT2D eigenvalue weighted by Crippen LogP contribution is -2.57. The van der Waals surface area contributed by atoms with Gasteiger partial charge in [0.05, 0.1) is 0 Å². The van der Waals surface area contributed by atoms with E-state index in [9.17, 15) is 4.79 Å². The second-order valence-corrected chi connectivity index (χ2v) is 5.95. The molecule has 1 aromatic carbocycles. The Morgan fingerprint density at radius 1 is 1.24 bits per heavy atom. The molecule has 0 aliphatic carbocycles. The van der Waals surface area contributed by atoms with Gasteiger partial charge < -0.3 is 10.2 Å². The highest BCUT2D eigenvalue weighted by molar-refractivity contribution is 5.95. The fraction of sp³-hybridized carbons (Fsp3) is 0.471. The molecule has 1 unspecified atom stereocenters. The lowest BCUT2D eigenvalue weighted by Gasteiger charge is -2.44. The molecule has 1 atom stereocenters. The molecular formula is C17H23ClN2O. The molecule has 1 N–H and O–H groups in total. The van der Waals surface area contributed by atoms with Crippen LogP contribution in [-0.4, -0.2) is 36.5 Å². The Hall–Kier alpha value is -1.32. The second kappa shape index (κ2) is 7.10. The standard InChI is InChI=1S/C17H22N2O.ClH/c1-13(14-5-3-2-4-6-14)11-17(20)18-16-12-19-9-7-15(16)8-10-19;/h2-6,11,15-16H,7-10,12H2,1H3,(H,18,20);1H. The van der Waals surface area contributed by atoms with Crippen LogP contribution in [0.4, 0.5) is 0 Å². The molecule has 4 rings (SSSR count). The van der Waals surface area contributed by atoms with Gasteiger partial charge in [0.15, 0.2) is 0 Å². The molecule has 0 radical (unpaired) electrons. The number of hydrogen-bond acceptors (Lipinski definition) is 2. The molecule has 3 aliphatic heterocycles. The molecule has 3 saturated heterocycles. The van der Waals surface area contributed by atoms with Crippen molar-refractivity contribution < 1.29 is 4.79 Å². The molecule has 0 aromatic heterocycles. The second-order valence-electron chi connectivity index (χ2n) is 5.95. The average Bonchev–Trinajstić information content (AvgIpc) is 2.49. The minimum atomic E-state index is 0. The summed E-state index contributed by atoms with van der Waals surface area (Å²) in [6, 6.07) is 10.4. The SMILES string of the molecule is CC(=CC(=O)NC1CN2CCC1CC2)c1ccccc1.Cl. The van der Waals surface area contributed by atoms with Crippen molar-refractivity contribution in [2.45, 2.75) is 25.8 Å². The van der Waals surface area contributed by atoms with Gasteiger partial charge in [-0.1, -0.05) is 30.3 Å². The Kier molecular flexibility index (Phi) is 5.43. The molecule has 1 aromatic rings. The fourth-order valence-corrected chi connectivity index (χ4v) is 3.33. The fourth-order valence-electron chi connectivity index (χ4n) is 3.33. The summed E-state index contributed by atoms with van der Waals surface area (Å²) in [5.41, 5.74) is 2.13. The lowest BCUT2D eigenvalue weighted by molar-refractivity contribution is -0.118. The summed E-state index contributed by atoms with van der Waals surface area (Å²) in [6.07, 6.45) is 4.19. The van der Waals surface area contributed by atoms with E-state index in [1.54, 1.807) is 6.08 Å². The number of rotatable bonds is 3. The number of allylic oxidation sites excluding steroid dienone is 1. The Bertz CT molecular complexity index is 507. The van der Waals surface area contributed by atoms with Crippen molar-refractivity contribution in [2.24, 2.45) is 5.92 Å². The normalized spacial score (nSPS) is 27.9. The first-order chi connectivity index (χ1) is 9.72. The van der Waals surface area contributed by atoms with Gasteiger partial charge in [-0.15, -0.1) is 12.4 Å². The minimum Gasteiger partial charge on any atom is -0.348 e. The van der Waals surface area contributed by atoms with Crippen LogP contribution in [0.25, 0.3) is 5.57 Å². The summed E-state index contributed by atoms with van der Waals surface area (Å²) in [6.45, 7) is 5.42. The summed E-state index contributed by atoms with van der Waals surface area (Å²) in [4.78, 5) is 14.6. The van der Waals surface area contributed by atoms with Gasteiger partial charge in [0.25, 0.3) is 0 Å². The summed E-state index contributed by atoms with van der Waals surface area (Å²) in [7, 11) is 0. The van der Waals surface area contributed by atoms with Crippen LogP contribution in [0.2, 0.25) is 0 Å². The van der Waals surface area contributed by atoms with Crippen molar-refractivity contribution in [1.29, 1.82) is 0 Å². The molecule has 21 heavy (non-hydrogen) atoms. The van der Waals surface area contributed by atoms with Crippen molar-refractivity contribution >= 4 is 23.9 Å². The Morgan fingerprint density at radius 3 is 2.48 bits per heavy atom. The van der Waals surface area contributed by atoms with Crippen LogP contribution >= 0.6 is 12.4 Å². The van der Waals surface area contributed by atoms with Gasteiger partial charge in [-0.25, -0.2) is 0 Å². The number of nitrogens with zero attached hydrogens (tertiary/aromatic N) is 1. The van der Waals surface area contributed by atoms with Gasteiger partial charge >= 0.3 is 0 Å². The maximum atomic E-state index is 12.2. The van der Waals surface area contributed by atoms with Crippen LogP contribution < -0.4 is 5.32 Å². The highest BCUT2D eigenvalue weighted by Crippen LogP contribution is 2.27. The molecule has 3 nitrogen and oxygen atoms in total. The maximum absolute atomic E-state index is 12.2. The van der Waals surface area contributed by atoms with Crippen LogP contribution in [0, 0.1) is 5.92 Å². The van der Waals surface area contributed by atoms with Crippen LogP contribution in [0.5, 0.6) is 0 Å². The molecule has 3 aliphatic rings. The highest BCUT2D eigenvalue weighted by Gasteiger charge is 2.34. The molecule has 114 valence electrons. The number of hydrogen-bond donors (Lipinski definition) is 1. The number of nitrogens with one attached hydrogen (secondary N) is 1. The number of fused-ring (bicyclic) bond motifs is 3. The van der Waals surface area contributed by atoms with E-state index < -0.39 is 0 Å². The zero-order valence-corrected chi connectivity index (χ0v) is 13.2. The van der Waals surface area contributed by atoms with E-state index in [0.717, 1.165) is 17.7 Å². The van der Waals surface area contributed by atoms with Crippen LogP contribution in [0.1, 0.15) is 25.3 Å². The number of amides is 1. The van der Waals surface area contributed by atoms with Gasteiger partial charge in [-0.2, -0.15) is 0 Å². The van der Waals surface area contributed by atoms with E-state index in [1.807, 2.05) is 37.3 Å². The summed E-state index contributed by atoms with van der Waals surface area (Å²) >= 11 is 0. The Labute approximate surface area is 132 Å². The molecule has 3 fully saturated rings. The molecule has 0 saturated carbocycles. The van der Waals surface area contributed by atoms with Crippen molar-refractivity contribution in [2.75, 3.05) is 19.6 Å². The quantitative estimate of drug-likeness (QED) is 0.871. The summed E-state index contributed by atoms with van der Waals surface area (Å²) in [5.74, 6) is 0.722. The largest absolute Gasteiger partial charge is 0.348 e. The van der Waals surface area contributed by atoms with Crippen LogP contribution in [-0.2, 0) is 4.79 Å². The molecule has 3 heterocycles. The Morgan fingerprint density at radius 2 is 1.90 bits per heavy atom. The van der Waals surface area contributed by atoms with Gasteiger partial charge in [0, 0.05) is 18.7 Å². The van der Waals surface area contributed by atoms with Gasteiger partial charge in [-0.3, -0.25) is 4.79 Å². The van der Waals surface area contributed by atoms with E-state index in [-0.39, 0.29) is 18.3 Å². The first-order valence-electron chi connectivity index (χ1n) is 7.49. The highest BCUT2D eigenvalue weighted by atomic mass is 35.5. The van der Waals surface area contributed by atoms with Gasteiger partial charge in [0.2, 0.25) is 5.91 Å². The van der Waals surface area contributed by atoms with Crippen LogP contribution in [0.15, 0.2) is 36.4 Å². The third kappa shape index (κ3) is 3.86. The first kappa shape index (κ1) is 16.1. The predicted octanol–water partition coefficient (Wildman–Crippen LogP) is 2.72. The van der Waals surface area contributed by atoms with Crippen molar-refractivity contribution in [3.8, 4) is 0 Å². The molecule has 2 bridgehead atoms. The first-order valence-corrected chi connectivity index (χ1v) is 7.49. The molecule has 1 amide bonds. The third-order valence-electron chi connectivity index (χ3n) is 4.56. The lowest BCUT2D eigenvalue weighted by atomic mass is 9.84. The number of carbonyl (C=O) groups is 1. The van der Waals surface area contributed by atoms with E-state index in [4.69, 9.17) is 0 Å². The topological polar surface area (TPSA) is 32.3 Å². The monoisotopic (exact) mass is 306 g/mol. The zero-order valence-electron chi connectivity index (χ0n) is 12.4. The number of halogens is 1.